The van der Waals surface area contributed by atoms with E-state index in [2.05, 4.69) is 5.32 Å². The second-order valence-electron chi connectivity index (χ2n) is 11.6. The predicted octanol–water partition coefficient (Wildman–Crippen LogP) is 4.41. The lowest BCUT2D eigenvalue weighted by atomic mass is 9.66. The van der Waals surface area contributed by atoms with Crippen molar-refractivity contribution in [2.75, 3.05) is 54.8 Å². The van der Waals surface area contributed by atoms with Crippen LogP contribution in [0.2, 0.25) is 0 Å². The maximum absolute atomic E-state index is 13.3. The Morgan fingerprint density at radius 3 is 2.28 bits per heavy atom. The Hall–Kier alpha value is -5.17. The van der Waals surface area contributed by atoms with Gasteiger partial charge in [0.05, 0.1) is 20.8 Å². The van der Waals surface area contributed by atoms with Gasteiger partial charge in [0.25, 0.3) is 0 Å². The fraction of sp³-hybridized carbons (Fsp3) is 0.382. The van der Waals surface area contributed by atoms with E-state index in [-0.39, 0.29) is 37.3 Å². The third-order valence-electron chi connectivity index (χ3n) is 8.41. The molecule has 1 fully saturated rings. The maximum Gasteiger partial charge on any atom is 0.514 e. The molecule has 1 aliphatic carbocycles. The van der Waals surface area contributed by atoms with Gasteiger partial charge in [-0.25, -0.2) is 9.59 Å². The highest BCUT2D eigenvalue weighted by atomic mass is 16.7. The van der Waals surface area contributed by atoms with E-state index in [1.165, 1.54) is 14.2 Å². The van der Waals surface area contributed by atoms with E-state index in [4.69, 9.17) is 37.9 Å². The Balaban J connectivity index is 1.35. The lowest BCUT2D eigenvalue weighted by Crippen LogP contribution is -2.39. The molecule has 1 amide bonds. The second-order valence-corrected chi connectivity index (χ2v) is 11.6. The van der Waals surface area contributed by atoms with Crippen LogP contribution < -0.4 is 29.0 Å². The molecule has 3 aromatic carbocycles. The molecular formula is C34H36N2O11. The number of carbonyl (C=O) groups is 3. The Bertz CT molecular complexity index is 1620. The van der Waals surface area contributed by atoms with Gasteiger partial charge in [0.1, 0.15) is 18.6 Å². The number of rotatable bonds is 10. The zero-order valence-corrected chi connectivity index (χ0v) is 26.5. The lowest BCUT2D eigenvalue weighted by Gasteiger charge is -2.38. The molecule has 0 unspecified atom stereocenters. The third-order valence-corrected chi connectivity index (χ3v) is 8.41. The van der Waals surface area contributed by atoms with Crippen LogP contribution in [0.5, 0.6) is 28.7 Å². The third kappa shape index (κ3) is 6.57. The van der Waals surface area contributed by atoms with E-state index in [0.717, 1.165) is 11.1 Å². The molecule has 0 radical (unpaired) electrons. The van der Waals surface area contributed by atoms with Gasteiger partial charge in [-0.15, -0.1) is 0 Å². The first-order valence-corrected chi connectivity index (χ1v) is 15.1. The minimum absolute atomic E-state index is 0.0192. The summed E-state index contributed by atoms with van der Waals surface area (Å²) < 4.78 is 45.1. The number of nitrogens with one attached hydrogen (secondary N) is 1. The largest absolute Gasteiger partial charge is 0.514 e. The fourth-order valence-corrected chi connectivity index (χ4v) is 6.23. The Labute approximate surface area is 271 Å². The highest BCUT2D eigenvalue weighted by Gasteiger charge is 2.54. The van der Waals surface area contributed by atoms with Crippen LogP contribution in [-0.4, -0.2) is 77.9 Å². The van der Waals surface area contributed by atoms with E-state index < -0.39 is 42.1 Å². The molecule has 0 spiro atoms. The van der Waals surface area contributed by atoms with Gasteiger partial charge in [0, 0.05) is 30.5 Å². The molecule has 13 heteroatoms. The van der Waals surface area contributed by atoms with Crippen LogP contribution in [0.4, 0.5) is 9.59 Å². The van der Waals surface area contributed by atoms with Crippen molar-refractivity contribution in [2.45, 2.75) is 18.6 Å². The molecule has 3 aromatic rings. The number of nitrogens with zero attached hydrogens (tertiary/aromatic N) is 1. The number of benzene rings is 3. The smallest absolute Gasteiger partial charge is 0.493 e. The average molecular weight is 649 g/mol. The molecule has 4 atom stereocenters. The zero-order valence-electron chi connectivity index (χ0n) is 26.5. The van der Waals surface area contributed by atoms with Crippen molar-refractivity contribution in [2.24, 2.45) is 11.8 Å². The summed E-state index contributed by atoms with van der Waals surface area (Å²) in [6.45, 7) is 1.10. The Morgan fingerprint density at radius 2 is 1.62 bits per heavy atom. The van der Waals surface area contributed by atoms with E-state index in [0.29, 0.717) is 35.7 Å². The summed E-state index contributed by atoms with van der Waals surface area (Å²) in [4.78, 5) is 40.9. The number of alkyl carbamates (subject to hydrolysis) is 1. The van der Waals surface area contributed by atoms with Crippen molar-refractivity contribution in [3.63, 3.8) is 0 Å². The van der Waals surface area contributed by atoms with Crippen LogP contribution in [0.3, 0.4) is 0 Å². The molecule has 2 heterocycles. The Morgan fingerprint density at radius 1 is 0.936 bits per heavy atom. The molecule has 3 aliphatic rings. The van der Waals surface area contributed by atoms with Crippen LogP contribution in [0.15, 0.2) is 54.6 Å². The summed E-state index contributed by atoms with van der Waals surface area (Å²) in [6.07, 6.45) is -2.53. The predicted molar refractivity (Wildman–Crippen MR) is 165 cm³/mol. The molecule has 248 valence electrons. The number of amides is 1. The van der Waals surface area contributed by atoms with E-state index >= 15 is 0 Å². The summed E-state index contributed by atoms with van der Waals surface area (Å²) >= 11 is 0. The van der Waals surface area contributed by atoms with Crippen LogP contribution in [-0.2, 0) is 25.6 Å². The van der Waals surface area contributed by atoms with Gasteiger partial charge in [-0.3, -0.25) is 4.79 Å². The minimum atomic E-state index is -0.944. The van der Waals surface area contributed by atoms with Gasteiger partial charge in [0.2, 0.25) is 12.5 Å². The number of cyclic esters (lactones) is 1. The number of ether oxygens (including phenoxy) is 8. The molecule has 2 aliphatic heterocycles. The SMILES string of the molecule is COc1cc([C@@H]2c3cc4c(cc3[C@@H](OC(=O)NCCN(C)C)[C@H]3C(=O)OC[C@H]23)OCO4)cc(OC)c1OC(=O)OCc1ccccc1. The number of methoxy groups -OCH3 is 2. The zero-order chi connectivity index (χ0) is 33.1. The first-order chi connectivity index (χ1) is 22.8. The van der Waals surface area contributed by atoms with Crippen LogP contribution in [0.1, 0.15) is 34.3 Å². The first-order valence-electron chi connectivity index (χ1n) is 15.1. The molecule has 1 N–H and O–H groups in total. The lowest BCUT2D eigenvalue weighted by molar-refractivity contribution is -0.144. The molecule has 1 saturated heterocycles. The Kier molecular flexibility index (Phi) is 9.25. The van der Waals surface area contributed by atoms with Crippen LogP contribution >= 0.6 is 0 Å². The van der Waals surface area contributed by atoms with Crippen molar-refractivity contribution < 1.29 is 52.3 Å². The molecule has 6 rings (SSSR count). The number of esters is 1. The van der Waals surface area contributed by atoms with Crippen LogP contribution in [0.25, 0.3) is 0 Å². The van der Waals surface area contributed by atoms with Crippen molar-refractivity contribution in [3.8, 4) is 28.7 Å². The maximum atomic E-state index is 13.3. The van der Waals surface area contributed by atoms with Gasteiger partial charge >= 0.3 is 18.2 Å². The van der Waals surface area contributed by atoms with Gasteiger partial charge < -0.3 is 48.1 Å². The fourth-order valence-electron chi connectivity index (χ4n) is 6.23. The van der Waals surface area contributed by atoms with Crippen LogP contribution in [0, 0.1) is 11.8 Å². The molecule has 47 heavy (non-hydrogen) atoms. The number of hydrogen-bond acceptors (Lipinski definition) is 12. The summed E-state index contributed by atoms with van der Waals surface area (Å²) in [5.74, 6) is -0.750. The summed E-state index contributed by atoms with van der Waals surface area (Å²) in [7, 11) is 6.67. The van der Waals surface area contributed by atoms with E-state index in [1.54, 1.807) is 18.2 Å². The second kappa shape index (κ2) is 13.7. The van der Waals surface area contributed by atoms with Crippen molar-refractivity contribution >= 4 is 18.2 Å². The molecule has 13 nitrogen and oxygen atoms in total. The van der Waals surface area contributed by atoms with Gasteiger partial charge in [-0.2, -0.15) is 0 Å². The van der Waals surface area contributed by atoms with Crippen molar-refractivity contribution in [1.82, 2.24) is 10.2 Å². The minimum Gasteiger partial charge on any atom is -0.493 e. The van der Waals surface area contributed by atoms with Gasteiger partial charge in [-0.1, -0.05) is 30.3 Å². The van der Waals surface area contributed by atoms with Gasteiger partial charge in [0.15, 0.2) is 23.0 Å². The van der Waals surface area contributed by atoms with Crippen molar-refractivity contribution in [1.29, 1.82) is 0 Å². The van der Waals surface area contributed by atoms with Gasteiger partial charge in [-0.05, 0) is 55.1 Å². The quantitative estimate of drug-likeness (QED) is 0.189. The average Bonchev–Trinajstić information content (AvgIpc) is 3.69. The summed E-state index contributed by atoms with van der Waals surface area (Å²) in [5.41, 5.74) is 2.82. The molecule has 0 aromatic heterocycles. The molecule has 0 bridgehead atoms. The monoisotopic (exact) mass is 648 g/mol. The standard InChI is InChI=1S/C34H36N2O11/c1-36(2)11-10-35-33(38)46-30-22-15-25-24(44-18-45-25)14-21(22)28(23-17-42-32(37)29(23)30)20-12-26(40-3)31(27(13-20)41-4)47-34(39)43-16-19-8-6-5-7-9-19/h5-9,12-15,23,28-30H,10-11,16-18H2,1-4H3,(H,35,38)/t23-,28-,29+,30-/m1/s1. The molecular weight excluding hydrogens is 612 g/mol. The topological polar surface area (TPSA) is 140 Å². The first kappa shape index (κ1) is 31.8. The number of carbonyl (C=O) groups excluding carboxylic acids is 3. The molecule has 0 saturated carbocycles. The number of likely N-dealkylation sites (N-methyl/N-ethyl adjacent to an activating group) is 1. The summed E-state index contributed by atoms with van der Waals surface area (Å²) in [5, 5.41) is 2.76. The van der Waals surface area contributed by atoms with E-state index in [9.17, 15) is 14.4 Å². The van der Waals surface area contributed by atoms with Crippen molar-refractivity contribution in [3.05, 3.63) is 76.9 Å². The summed E-state index contributed by atoms with van der Waals surface area (Å²) in [6, 6.07) is 16.2. The van der Waals surface area contributed by atoms with E-state index in [1.807, 2.05) is 55.4 Å². The number of hydrogen-bond donors (Lipinski definition) is 1. The highest BCUT2D eigenvalue weighted by Crippen LogP contribution is 2.56. The number of fused-ring (bicyclic) bond motifs is 3. The normalized spacial score (nSPS) is 20.5. The highest BCUT2D eigenvalue weighted by molar-refractivity contribution is 5.79.